The maximum atomic E-state index is 11.3. The highest BCUT2D eigenvalue weighted by Crippen LogP contribution is 2.26. The monoisotopic (exact) mass is 168 g/mol. The fourth-order valence-corrected chi connectivity index (χ4v) is 2.03. The van der Waals surface area contributed by atoms with E-state index >= 15 is 0 Å². The van der Waals surface area contributed by atoms with Crippen LogP contribution in [-0.2, 0) is 4.79 Å². The molecule has 1 saturated heterocycles. The van der Waals surface area contributed by atoms with E-state index in [0.29, 0.717) is 0 Å². The number of amides is 3. The van der Waals surface area contributed by atoms with Gasteiger partial charge in [0, 0.05) is 6.04 Å². The van der Waals surface area contributed by atoms with E-state index in [2.05, 4.69) is 10.6 Å². The highest BCUT2D eigenvalue weighted by molar-refractivity contribution is 5.98. The zero-order valence-corrected chi connectivity index (χ0v) is 6.80. The maximum Gasteiger partial charge on any atom is 0.321 e. The standard InChI is InChI=1S/C8H12N2O2/c11-7-5-3-1-2-4-6(5)9-8(12)10-7/h5-6H,1-4H2,(H2,9,10,11,12). The van der Waals surface area contributed by atoms with E-state index in [1.54, 1.807) is 0 Å². The van der Waals surface area contributed by atoms with Crippen molar-refractivity contribution in [1.29, 1.82) is 0 Å². The van der Waals surface area contributed by atoms with Gasteiger partial charge >= 0.3 is 6.03 Å². The van der Waals surface area contributed by atoms with E-state index in [9.17, 15) is 9.59 Å². The third-order valence-electron chi connectivity index (χ3n) is 2.66. The summed E-state index contributed by atoms with van der Waals surface area (Å²) >= 11 is 0. The van der Waals surface area contributed by atoms with Gasteiger partial charge in [0.1, 0.15) is 0 Å². The van der Waals surface area contributed by atoms with Crippen LogP contribution >= 0.6 is 0 Å². The lowest BCUT2D eigenvalue weighted by molar-refractivity contribution is -0.126. The average molecular weight is 168 g/mol. The Bertz CT molecular complexity index is 227. The molecule has 2 fully saturated rings. The lowest BCUT2D eigenvalue weighted by Gasteiger charge is -2.34. The summed E-state index contributed by atoms with van der Waals surface area (Å²) in [6.45, 7) is 0. The number of nitrogens with one attached hydrogen (secondary N) is 2. The average Bonchev–Trinajstić information content (AvgIpc) is 2.04. The molecule has 12 heavy (non-hydrogen) atoms. The number of urea groups is 1. The first-order valence-electron chi connectivity index (χ1n) is 4.39. The van der Waals surface area contributed by atoms with Crippen LogP contribution in [0.5, 0.6) is 0 Å². The summed E-state index contributed by atoms with van der Waals surface area (Å²) in [5.41, 5.74) is 0. The van der Waals surface area contributed by atoms with Crippen LogP contribution in [0, 0.1) is 5.92 Å². The molecule has 2 atom stereocenters. The fraction of sp³-hybridized carbons (Fsp3) is 0.750. The topological polar surface area (TPSA) is 58.2 Å². The van der Waals surface area contributed by atoms with Gasteiger partial charge in [-0.1, -0.05) is 12.8 Å². The van der Waals surface area contributed by atoms with Crippen LogP contribution in [-0.4, -0.2) is 18.0 Å². The Labute approximate surface area is 70.7 Å². The normalized spacial score (nSPS) is 35.0. The summed E-state index contributed by atoms with van der Waals surface area (Å²) in [5, 5.41) is 5.07. The van der Waals surface area contributed by atoms with Gasteiger partial charge in [-0.2, -0.15) is 0 Å². The van der Waals surface area contributed by atoms with E-state index in [-0.39, 0.29) is 23.9 Å². The van der Waals surface area contributed by atoms with E-state index in [0.717, 1.165) is 25.7 Å². The van der Waals surface area contributed by atoms with Gasteiger partial charge in [-0.05, 0) is 12.8 Å². The molecule has 0 spiro atoms. The van der Waals surface area contributed by atoms with Gasteiger partial charge in [-0.25, -0.2) is 4.79 Å². The van der Waals surface area contributed by atoms with Gasteiger partial charge in [0.15, 0.2) is 0 Å². The molecule has 2 unspecified atom stereocenters. The quantitative estimate of drug-likeness (QED) is 0.549. The minimum atomic E-state index is -0.330. The number of carbonyl (C=O) groups excluding carboxylic acids is 2. The van der Waals surface area contributed by atoms with Gasteiger partial charge in [0.2, 0.25) is 5.91 Å². The van der Waals surface area contributed by atoms with Crippen LogP contribution < -0.4 is 10.6 Å². The van der Waals surface area contributed by atoms with Crippen LogP contribution in [0.3, 0.4) is 0 Å². The second-order valence-corrected chi connectivity index (χ2v) is 3.46. The Morgan fingerprint density at radius 3 is 2.75 bits per heavy atom. The molecule has 2 rings (SSSR count). The first-order valence-corrected chi connectivity index (χ1v) is 4.39. The predicted octanol–water partition coefficient (Wildman–Crippen LogP) is 0.385. The Morgan fingerprint density at radius 1 is 1.17 bits per heavy atom. The van der Waals surface area contributed by atoms with Crippen molar-refractivity contribution in [2.75, 3.05) is 0 Å². The van der Waals surface area contributed by atoms with Crippen LogP contribution in [0.4, 0.5) is 4.79 Å². The number of imide groups is 1. The Kier molecular flexibility index (Phi) is 1.75. The summed E-state index contributed by atoms with van der Waals surface area (Å²) in [4.78, 5) is 22.2. The molecule has 1 aliphatic heterocycles. The van der Waals surface area contributed by atoms with Crippen molar-refractivity contribution in [3.8, 4) is 0 Å². The summed E-state index contributed by atoms with van der Waals surface area (Å²) in [5.74, 6) is -0.0695. The van der Waals surface area contributed by atoms with Crippen molar-refractivity contribution >= 4 is 11.9 Å². The number of hydrogen-bond acceptors (Lipinski definition) is 2. The van der Waals surface area contributed by atoms with Gasteiger partial charge in [0.25, 0.3) is 0 Å². The molecule has 0 aromatic carbocycles. The van der Waals surface area contributed by atoms with Crippen molar-refractivity contribution < 1.29 is 9.59 Å². The van der Waals surface area contributed by atoms with Crippen molar-refractivity contribution in [3.63, 3.8) is 0 Å². The number of hydrogen-bond donors (Lipinski definition) is 2. The largest absolute Gasteiger partial charge is 0.334 e. The molecule has 1 aliphatic carbocycles. The van der Waals surface area contributed by atoms with Crippen molar-refractivity contribution in [2.24, 2.45) is 5.92 Å². The van der Waals surface area contributed by atoms with Crippen LogP contribution in [0.2, 0.25) is 0 Å². The summed E-state index contributed by atoms with van der Waals surface area (Å²) in [7, 11) is 0. The molecule has 4 heteroatoms. The van der Waals surface area contributed by atoms with Gasteiger partial charge < -0.3 is 5.32 Å². The number of carbonyl (C=O) groups is 2. The predicted molar refractivity (Wildman–Crippen MR) is 42.4 cm³/mol. The third kappa shape index (κ3) is 1.17. The Balaban J connectivity index is 2.11. The minimum Gasteiger partial charge on any atom is -0.334 e. The zero-order chi connectivity index (χ0) is 8.55. The van der Waals surface area contributed by atoms with Crippen molar-refractivity contribution in [1.82, 2.24) is 10.6 Å². The Hall–Kier alpha value is -1.06. The SMILES string of the molecule is O=C1NC(=O)C2CCCCC2N1. The highest BCUT2D eigenvalue weighted by Gasteiger charge is 2.36. The molecule has 0 aromatic rings. The van der Waals surface area contributed by atoms with Crippen molar-refractivity contribution in [2.45, 2.75) is 31.7 Å². The van der Waals surface area contributed by atoms with E-state index in [1.165, 1.54) is 0 Å². The molecule has 2 N–H and O–H groups in total. The lowest BCUT2D eigenvalue weighted by atomic mass is 9.83. The molecular formula is C8H12N2O2. The second-order valence-electron chi connectivity index (χ2n) is 3.46. The minimum absolute atomic E-state index is 0.0245. The second kappa shape index (κ2) is 2.77. The molecule has 0 aromatic heterocycles. The Morgan fingerprint density at radius 2 is 1.92 bits per heavy atom. The first-order chi connectivity index (χ1) is 5.77. The highest BCUT2D eigenvalue weighted by atomic mass is 16.2. The number of fused-ring (bicyclic) bond motifs is 1. The molecule has 1 saturated carbocycles. The van der Waals surface area contributed by atoms with Gasteiger partial charge in [-0.15, -0.1) is 0 Å². The van der Waals surface area contributed by atoms with E-state index < -0.39 is 0 Å². The first kappa shape index (κ1) is 7.58. The molecule has 4 nitrogen and oxygen atoms in total. The molecule has 0 bridgehead atoms. The van der Waals surface area contributed by atoms with E-state index in [1.807, 2.05) is 0 Å². The van der Waals surface area contributed by atoms with Crippen LogP contribution in [0.1, 0.15) is 25.7 Å². The maximum absolute atomic E-state index is 11.3. The molecule has 1 heterocycles. The third-order valence-corrected chi connectivity index (χ3v) is 2.66. The molecule has 66 valence electrons. The fourth-order valence-electron chi connectivity index (χ4n) is 2.03. The van der Waals surface area contributed by atoms with Crippen LogP contribution in [0.25, 0.3) is 0 Å². The molecule has 2 aliphatic rings. The molecular weight excluding hydrogens is 156 g/mol. The molecule has 3 amide bonds. The summed E-state index contributed by atoms with van der Waals surface area (Å²) < 4.78 is 0. The number of rotatable bonds is 0. The zero-order valence-electron chi connectivity index (χ0n) is 6.80. The van der Waals surface area contributed by atoms with Crippen LogP contribution in [0.15, 0.2) is 0 Å². The summed E-state index contributed by atoms with van der Waals surface area (Å²) in [6.07, 6.45) is 4.08. The lowest BCUT2D eigenvalue weighted by Crippen LogP contribution is -2.58. The summed E-state index contributed by atoms with van der Waals surface area (Å²) in [6, 6.07) is -0.233. The van der Waals surface area contributed by atoms with Gasteiger partial charge in [0.05, 0.1) is 5.92 Å². The van der Waals surface area contributed by atoms with E-state index in [4.69, 9.17) is 0 Å². The van der Waals surface area contributed by atoms with Gasteiger partial charge in [-0.3, -0.25) is 10.1 Å². The smallest absolute Gasteiger partial charge is 0.321 e. The van der Waals surface area contributed by atoms with Crippen molar-refractivity contribution in [3.05, 3.63) is 0 Å². The molecule has 0 radical (unpaired) electrons.